The van der Waals surface area contributed by atoms with Crippen LogP contribution in [0.15, 0.2) is 4.99 Å². The van der Waals surface area contributed by atoms with Crippen molar-refractivity contribution in [3.63, 3.8) is 0 Å². The molecule has 0 aromatic carbocycles. The van der Waals surface area contributed by atoms with Gasteiger partial charge in [-0.1, -0.05) is 60.8 Å². The zero-order valence-electron chi connectivity index (χ0n) is 23.7. The van der Waals surface area contributed by atoms with Gasteiger partial charge >= 0.3 is 0 Å². The number of aliphatic imine (C=N–C) groups is 1. The maximum absolute atomic E-state index is 5.60. The maximum Gasteiger partial charge on any atom is 0.0560 e. The van der Waals surface area contributed by atoms with Crippen LogP contribution in [0.5, 0.6) is 0 Å². The summed E-state index contributed by atoms with van der Waals surface area (Å²) < 4.78 is 0. The van der Waals surface area contributed by atoms with E-state index in [9.17, 15) is 0 Å². The maximum atomic E-state index is 5.60. The molecule has 3 saturated carbocycles. The van der Waals surface area contributed by atoms with Crippen molar-refractivity contribution >= 4 is 5.71 Å². The van der Waals surface area contributed by atoms with Crippen molar-refractivity contribution in [3.05, 3.63) is 0 Å². The highest BCUT2D eigenvalue weighted by atomic mass is 15.1. The van der Waals surface area contributed by atoms with Crippen LogP contribution in [0.1, 0.15) is 119 Å². The Kier molecular flexibility index (Phi) is 9.22. The summed E-state index contributed by atoms with van der Waals surface area (Å²) in [6.45, 7) is 17.1. The second kappa shape index (κ2) is 11.8. The topological polar surface area (TPSA) is 36.4 Å². The molecule has 1 saturated heterocycles. The molecule has 34 heavy (non-hydrogen) atoms. The summed E-state index contributed by atoms with van der Waals surface area (Å²) >= 11 is 0. The zero-order chi connectivity index (χ0) is 24.4. The minimum atomic E-state index is 0.479. The molecular formula is C31H57N3. The van der Waals surface area contributed by atoms with Gasteiger partial charge in [-0.2, -0.15) is 0 Å². The Morgan fingerprint density at radius 3 is 1.97 bits per heavy atom. The number of fused-ring (bicyclic) bond motifs is 1. The van der Waals surface area contributed by atoms with E-state index in [1.54, 1.807) is 0 Å². The van der Waals surface area contributed by atoms with Crippen LogP contribution >= 0.6 is 0 Å². The normalized spacial score (nSPS) is 44.3. The molecule has 3 heteroatoms. The first-order chi connectivity index (χ1) is 16.3. The summed E-state index contributed by atoms with van der Waals surface area (Å²) in [5.74, 6) is 5.47. The fraction of sp³-hybridized carbons (Fsp3) is 0.968. The lowest BCUT2D eigenvalue weighted by Gasteiger charge is -2.48. The van der Waals surface area contributed by atoms with Crippen LogP contribution in [0.4, 0.5) is 0 Å². The SMILES string of the molecule is CC(=NC1C(C(C)C)CCCC1C(C)C)C1CCC2CCCC(NC3C(C)CCCC3C)C2N1. The van der Waals surface area contributed by atoms with Gasteiger partial charge in [-0.25, -0.2) is 0 Å². The molecule has 0 aromatic rings. The number of hydrogen-bond acceptors (Lipinski definition) is 3. The van der Waals surface area contributed by atoms with Crippen LogP contribution in [0.3, 0.4) is 0 Å². The van der Waals surface area contributed by atoms with Gasteiger partial charge in [-0.3, -0.25) is 4.99 Å². The van der Waals surface area contributed by atoms with E-state index in [-0.39, 0.29) is 0 Å². The van der Waals surface area contributed by atoms with Gasteiger partial charge < -0.3 is 10.6 Å². The highest BCUT2D eigenvalue weighted by molar-refractivity contribution is 5.87. The van der Waals surface area contributed by atoms with Gasteiger partial charge in [0.1, 0.15) is 0 Å². The molecule has 0 spiro atoms. The first-order valence-corrected chi connectivity index (χ1v) is 15.3. The van der Waals surface area contributed by atoms with E-state index in [0.29, 0.717) is 30.2 Å². The molecule has 0 aromatic heterocycles. The predicted molar refractivity (Wildman–Crippen MR) is 148 cm³/mol. The van der Waals surface area contributed by atoms with E-state index in [0.717, 1.165) is 41.4 Å². The molecule has 2 N–H and O–H groups in total. The van der Waals surface area contributed by atoms with Gasteiger partial charge in [-0.05, 0) is 99.7 Å². The number of rotatable bonds is 6. The monoisotopic (exact) mass is 471 g/mol. The number of nitrogens with one attached hydrogen (secondary N) is 2. The molecule has 3 nitrogen and oxygen atoms in total. The molecule has 8 unspecified atom stereocenters. The van der Waals surface area contributed by atoms with Crippen LogP contribution < -0.4 is 10.6 Å². The Balaban J connectivity index is 1.47. The predicted octanol–water partition coefficient (Wildman–Crippen LogP) is 7.25. The van der Waals surface area contributed by atoms with Crippen LogP contribution in [0, 0.1) is 41.4 Å². The van der Waals surface area contributed by atoms with Crippen LogP contribution in [0.2, 0.25) is 0 Å². The second-order valence-electron chi connectivity index (χ2n) is 13.7. The molecule has 8 atom stereocenters. The zero-order valence-corrected chi connectivity index (χ0v) is 23.7. The van der Waals surface area contributed by atoms with Crippen LogP contribution in [0.25, 0.3) is 0 Å². The molecule has 0 radical (unpaired) electrons. The fourth-order valence-corrected chi connectivity index (χ4v) is 8.55. The standard InChI is InChI=1S/C31H57N3/c1-19(2)25-14-10-15-26(20(3)4)31(25)32-23(7)27-18-17-24-13-9-16-28(30(24)33-27)34-29-21(5)11-8-12-22(29)6/h19-22,24-31,33-34H,8-18H2,1-7H3. The fourth-order valence-electron chi connectivity index (χ4n) is 8.55. The van der Waals surface area contributed by atoms with Crippen molar-refractivity contribution < 1.29 is 0 Å². The smallest absolute Gasteiger partial charge is 0.0560 e. The number of piperidine rings is 1. The third-order valence-electron chi connectivity index (χ3n) is 10.7. The first kappa shape index (κ1) is 26.6. The van der Waals surface area contributed by atoms with Crippen molar-refractivity contribution in [1.29, 1.82) is 0 Å². The van der Waals surface area contributed by atoms with Crippen LogP contribution in [-0.2, 0) is 0 Å². The Bertz CT molecular complexity index is 644. The lowest BCUT2D eigenvalue weighted by molar-refractivity contribution is 0.113. The molecule has 4 rings (SSSR count). The summed E-state index contributed by atoms with van der Waals surface area (Å²) in [6, 6.07) is 2.98. The van der Waals surface area contributed by atoms with E-state index in [2.05, 4.69) is 59.1 Å². The van der Waals surface area contributed by atoms with E-state index in [1.807, 2.05) is 0 Å². The Morgan fingerprint density at radius 1 is 0.765 bits per heavy atom. The lowest BCUT2D eigenvalue weighted by atomic mass is 9.68. The summed E-state index contributed by atoms with van der Waals surface area (Å²) in [5.41, 5.74) is 1.41. The number of nitrogens with zero attached hydrogens (tertiary/aromatic N) is 1. The summed E-state index contributed by atoms with van der Waals surface area (Å²) in [4.78, 5) is 5.60. The number of hydrogen-bond donors (Lipinski definition) is 2. The van der Waals surface area contributed by atoms with Crippen molar-refractivity contribution in [3.8, 4) is 0 Å². The molecule has 4 aliphatic rings. The second-order valence-corrected chi connectivity index (χ2v) is 13.7. The van der Waals surface area contributed by atoms with E-state index in [1.165, 1.54) is 76.3 Å². The van der Waals surface area contributed by atoms with Gasteiger partial charge in [0.2, 0.25) is 0 Å². The quantitative estimate of drug-likeness (QED) is 0.400. The Morgan fingerprint density at radius 2 is 1.35 bits per heavy atom. The molecule has 196 valence electrons. The third-order valence-corrected chi connectivity index (χ3v) is 10.7. The minimum absolute atomic E-state index is 0.479. The average molecular weight is 472 g/mol. The minimum Gasteiger partial charge on any atom is -0.309 e. The van der Waals surface area contributed by atoms with Crippen molar-refractivity contribution in [1.82, 2.24) is 10.6 Å². The summed E-state index contributed by atoms with van der Waals surface area (Å²) in [5, 5.41) is 8.45. The molecular weight excluding hydrogens is 414 g/mol. The summed E-state index contributed by atoms with van der Waals surface area (Å²) in [6.07, 6.45) is 15.2. The highest BCUT2D eigenvalue weighted by Crippen LogP contribution is 2.40. The molecule has 3 aliphatic carbocycles. The van der Waals surface area contributed by atoms with Crippen LogP contribution in [-0.4, -0.2) is 35.9 Å². The van der Waals surface area contributed by atoms with Gasteiger partial charge in [0.15, 0.2) is 0 Å². The van der Waals surface area contributed by atoms with Crippen molar-refractivity contribution in [2.24, 2.45) is 46.4 Å². The van der Waals surface area contributed by atoms with Crippen molar-refractivity contribution in [2.75, 3.05) is 0 Å². The van der Waals surface area contributed by atoms with Crippen molar-refractivity contribution in [2.45, 2.75) is 149 Å². The molecule has 4 fully saturated rings. The first-order valence-electron chi connectivity index (χ1n) is 15.3. The largest absolute Gasteiger partial charge is 0.309 e. The van der Waals surface area contributed by atoms with E-state index in [4.69, 9.17) is 4.99 Å². The van der Waals surface area contributed by atoms with Gasteiger partial charge in [-0.15, -0.1) is 0 Å². The van der Waals surface area contributed by atoms with Gasteiger partial charge in [0, 0.05) is 29.9 Å². The lowest BCUT2D eigenvalue weighted by Crippen LogP contribution is -2.63. The highest BCUT2D eigenvalue weighted by Gasteiger charge is 2.42. The third kappa shape index (κ3) is 5.93. The van der Waals surface area contributed by atoms with E-state index >= 15 is 0 Å². The van der Waals surface area contributed by atoms with Gasteiger partial charge in [0.25, 0.3) is 0 Å². The van der Waals surface area contributed by atoms with E-state index < -0.39 is 0 Å². The van der Waals surface area contributed by atoms with Gasteiger partial charge in [0.05, 0.1) is 6.04 Å². The molecule has 0 bridgehead atoms. The Hall–Kier alpha value is -0.410. The molecule has 0 amide bonds. The average Bonchev–Trinajstić information content (AvgIpc) is 2.81. The molecule has 1 aliphatic heterocycles. The summed E-state index contributed by atoms with van der Waals surface area (Å²) in [7, 11) is 0. The Labute approximate surface area is 212 Å². The molecule has 1 heterocycles.